The average Bonchev–Trinajstić information content (AvgIpc) is 2.88. The number of pyridine rings is 1. The Labute approximate surface area is 117 Å². The molecule has 0 aliphatic carbocycles. The number of nitrogens with one attached hydrogen (secondary N) is 1. The van der Waals surface area contributed by atoms with E-state index in [9.17, 15) is 4.79 Å². The van der Waals surface area contributed by atoms with Crippen molar-refractivity contribution in [2.75, 3.05) is 6.54 Å². The summed E-state index contributed by atoms with van der Waals surface area (Å²) in [6.45, 7) is 4.90. The van der Waals surface area contributed by atoms with Gasteiger partial charge in [0, 0.05) is 29.6 Å². The molecule has 0 saturated heterocycles. The Kier molecular flexibility index (Phi) is 3.14. The molecule has 1 N–H and O–H groups in total. The highest BCUT2D eigenvalue weighted by atomic mass is 16.1. The van der Waals surface area contributed by atoms with Crippen LogP contribution in [0.25, 0.3) is 5.69 Å². The summed E-state index contributed by atoms with van der Waals surface area (Å²) in [6.07, 6.45) is 1.85. The first kappa shape index (κ1) is 12.7. The number of nitrogens with zero attached hydrogens (tertiary/aromatic N) is 2. The second kappa shape index (κ2) is 4.96. The lowest BCUT2D eigenvalue weighted by Gasteiger charge is -2.09. The van der Waals surface area contributed by atoms with Crippen LogP contribution < -0.4 is 10.9 Å². The fourth-order valence-corrected chi connectivity index (χ4v) is 2.30. The third-order valence-electron chi connectivity index (χ3n) is 3.38. The lowest BCUT2D eigenvalue weighted by Crippen LogP contribution is -2.27. The molecule has 20 heavy (non-hydrogen) atoms. The van der Waals surface area contributed by atoms with Crippen molar-refractivity contribution in [2.24, 2.45) is 4.99 Å². The number of rotatable bonds is 2. The molecule has 0 bridgehead atoms. The number of aryl methyl sites for hydroxylation is 1. The molecule has 1 aliphatic rings. The number of hydrogen-bond acceptors (Lipinski definition) is 3. The van der Waals surface area contributed by atoms with Crippen LogP contribution in [-0.4, -0.2) is 23.0 Å². The summed E-state index contributed by atoms with van der Waals surface area (Å²) in [4.78, 5) is 16.3. The number of hydrogen-bond donors (Lipinski definition) is 1. The summed E-state index contributed by atoms with van der Waals surface area (Å²) >= 11 is 0. The number of benzene rings is 1. The zero-order valence-corrected chi connectivity index (χ0v) is 11.6. The first-order valence-electron chi connectivity index (χ1n) is 6.74. The van der Waals surface area contributed by atoms with Crippen molar-refractivity contribution in [3.8, 4) is 5.69 Å². The van der Waals surface area contributed by atoms with Gasteiger partial charge >= 0.3 is 0 Å². The topological polar surface area (TPSA) is 46.4 Å². The monoisotopic (exact) mass is 267 g/mol. The quantitative estimate of drug-likeness (QED) is 0.903. The van der Waals surface area contributed by atoms with E-state index in [0.29, 0.717) is 6.04 Å². The van der Waals surface area contributed by atoms with E-state index < -0.39 is 0 Å². The Balaban J connectivity index is 1.94. The molecule has 1 aromatic heterocycles. The summed E-state index contributed by atoms with van der Waals surface area (Å²) in [5.41, 5.74) is 2.96. The Bertz CT molecular complexity index is 713. The predicted octanol–water partition coefficient (Wildman–Crippen LogP) is 1.88. The van der Waals surface area contributed by atoms with E-state index in [1.54, 1.807) is 10.6 Å². The zero-order valence-electron chi connectivity index (χ0n) is 11.6. The van der Waals surface area contributed by atoms with Crippen LogP contribution in [0.4, 0.5) is 0 Å². The predicted molar refractivity (Wildman–Crippen MR) is 80.8 cm³/mol. The Morgan fingerprint density at radius 1 is 1.20 bits per heavy atom. The van der Waals surface area contributed by atoms with Crippen molar-refractivity contribution in [1.82, 2.24) is 9.88 Å². The van der Waals surface area contributed by atoms with E-state index in [1.807, 2.05) is 43.5 Å². The molecule has 3 rings (SSSR count). The van der Waals surface area contributed by atoms with Crippen molar-refractivity contribution in [3.05, 3.63) is 64.1 Å². The van der Waals surface area contributed by atoms with Gasteiger partial charge in [-0.1, -0.05) is 6.07 Å². The highest BCUT2D eigenvalue weighted by Gasteiger charge is 2.13. The molecule has 2 aromatic rings. The number of amidine groups is 1. The molecule has 0 radical (unpaired) electrons. The molecule has 4 nitrogen and oxygen atoms in total. The minimum Gasteiger partial charge on any atom is -0.366 e. The molecule has 102 valence electrons. The van der Waals surface area contributed by atoms with E-state index in [0.717, 1.165) is 29.2 Å². The lowest BCUT2D eigenvalue weighted by molar-refractivity contribution is 0.726. The summed E-state index contributed by atoms with van der Waals surface area (Å²) in [6, 6.07) is 11.7. The van der Waals surface area contributed by atoms with E-state index in [1.165, 1.54) is 0 Å². The van der Waals surface area contributed by atoms with Crippen molar-refractivity contribution < 1.29 is 0 Å². The van der Waals surface area contributed by atoms with Crippen LogP contribution in [-0.2, 0) is 0 Å². The molecule has 1 aliphatic heterocycles. The summed E-state index contributed by atoms with van der Waals surface area (Å²) in [7, 11) is 0. The zero-order chi connectivity index (χ0) is 14.1. The van der Waals surface area contributed by atoms with Gasteiger partial charge in [0.05, 0.1) is 6.54 Å². The molecular weight excluding hydrogens is 250 g/mol. The molecule has 0 spiro atoms. The van der Waals surface area contributed by atoms with Gasteiger partial charge in [-0.3, -0.25) is 14.4 Å². The van der Waals surface area contributed by atoms with Gasteiger partial charge in [-0.2, -0.15) is 0 Å². The molecule has 2 heterocycles. The average molecular weight is 267 g/mol. The largest absolute Gasteiger partial charge is 0.366 e. The first-order chi connectivity index (χ1) is 9.63. The van der Waals surface area contributed by atoms with Crippen LogP contribution in [0.3, 0.4) is 0 Å². The van der Waals surface area contributed by atoms with Gasteiger partial charge in [-0.15, -0.1) is 0 Å². The van der Waals surface area contributed by atoms with Crippen LogP contribution in [0.15, 0.2) is 52.4 Å². The molecule has 1 aromatic carbocycles. The Morgan fingerprint density at radius 2 is 1.95 bits per heavy atom. The van der Waals surface area contributed by atoms with E-state index in [-0.39, 0.29) is 5.56 Å². The second-order valence-corrected chi connectivity index (χ2v) is 5.20. The Morgan fingerprint density at radius 3 is 2.60 bits per heavy atom. The number of aromatic nitrogens is 1. The van der Waals surface area contributed by atoms with Gasteiger partial charge < -0.3 is 5.32 Å². The second-order valence-electron chi connectivity index (χ2n) is 5.20. The van der Waals surface area contributed by atoms with Gasteiger partial charge in [0.2, 0.25) is 0 Å². The molecule has 4 heteroatoms. The van der Waals surface area contributed by atoms with E-state index in [2.05, 4.69) is 17.2 Å². The third kappa shape index (κ3) is 2.37. The van der Waals surface area contributed by atoms with Crippen molar-refractivity contribution in [3.63, 3.8) is 0 Å². The first-order valence-corrected chi connectivity index (χ1v) is 6.74. The highest BCUT2D eigenvalue weighted by molar-refractivity contribution is 6.00. The standard InChI is InChI=1S/C16H17N3O/c1-11-3-8-15(20)19(10-11)14-6-4-13(5-7-14)16-17-9-12(2)18-16/h3-8,10,12H,9H2,1-2H3,(H,17,18). The maximum absolute atomic E-state index is 11.9. The summed E-state index contributed by atoms with van der Waals surface area (Å²) < 4.78 is 1.66. The van der Waals surface area contributed by atoms with Gasteiger partial charge in [-0.05, 0) is 43.7 Å². The normalized spacial score (nSPS) is 17.7. The van der Waals surface area contributed by atoms with Crippen molar-refractivity contribution >= 4 is 5.84 Å². The minimum absolute atomic E-state index is 0.0201. The molecule has 0 amide bonds. The van der Waals surface area contributed by atoms with Gasteiger partial charge in [0.25, 0.3) is 5.56 Å². The number of aliphatic imine (C=N–C) groups is 1. The van der Waals surface area contributed by atoms with Gasteiger partial charge in [0.1, 0.15) is 5.84 Å². The Hall–Kier alpha value is -2.36. The summed E-state index contributed by atoms with van der Waals surface area (Å²) in [5.74, 6) is 0.931. The fraction of sp³-hybridized carbons (Fsp3) is 0.250. The van der Waals surface area contributed by atoms with Crippen LogP contribution in [0.1, 0.15) is 18.1 Å². The van der Waals surface area contributed by atoms with Crippen LogP contribution >= 0.6 is 0 Å². The molecule has 0 fully saturated rings. The molecule has 1 unspecified atom stereocenters. The SMILES string of the molecule is Cc1ccc(=O)n(-c2ccc(C3=NCC(C)N3)cc2)c1. The summed E-state index contributed by atoms with van der Waals surface area (Å²) in [5, 5.41) is 3.33. The third-order valence-corrected chi connectivity index (χ3v) is 3.38. The van der Waals surface area contributed by atoms with Crippen molar-refractivity contribution in [1.29, 1.82) is 0 Å². The fourth-order valence-electron chi connectivity index (χ4n) is 2.30. The van der Waals surface area contributed by atoms with Crippen LogP contribution in [0.2, 0.25) is 0 Å². The highest BCUT2D eigenvalue weighted by Crippen LogP contribution is 2.11. The van der Waals surface area contributed by atoms with Crippen molar-refractivity contribution in [2.45, 2.75) is 19.9 Å². The lowest BCUT2D eigenvalue weighted by atomic mass is 10.2. The van der Waals surface area contributed by atoms with E-state index >= 15 is 0 Å². The maximum atomic E-state index is 11.9. The molecule has 1 atom stereocenters. The minimum atomic E-state index is -0.0201. The van der Waals surface area contributed by atoms with Crippen LogP contribution in [0, 0.1) is 6.92 Å². The maximum Gasteiger partial charge on any atom is 0.255 e. The smallest absolute Gasteiger partial charge is 0.255 e. The van der Waals surface area contributed by atoms with Gasteiger partial charge in [0.15, 0.2) is 0 Å². The van der Waals surface area contributed by atoms with E-state index in [4.69, 9.17) is 0 Å². The van der Waals surface area contributed by atoms with Gasteiger partial charge in [-0.25, -0.2) is 0 Å². The molecule has 0 saturated carbocycles. The van der Waals surface area contributed by atoms with Crippen LogP contribution in [0.5, 0.6) is 0 Å². The molecular formula is C16H17N3O.